The Morgan fingerprint density at radius 3 is 1.52 bits per heavy atom. The van der Waals surface area contributed by atoms with Crippen LogP contribution in [0.4, 0.5) is 0 Å². The molecule has 0 amide bonds. The lowest BCUT2D eigenvalue weighted by molar-refractivity contribution is 0.470. The van der Waals surface area contributed by atoms with Crippen LogP contribution in [-0.4, -0.2) is 10.2 Å². The van der Waals surface area contributed by atoms with Crippen LogP contribution in [0.25, 0.3) is 11.1 Å². The maximum atomic E-state index is 9.45. The van der Waals surface area contributed by atoms with Crippen LogP contribution in [-0.2, 0) is 6.42 Å². The van der Waals surface area contributed by atoms with Crippen molar-refractivity contribution in [1.82, 2.24) is 0 Å². The van der Waals surface area contributed by atoms with Gasteiger partial charge in [0.15, 0.2) is 0 Å². The van der Waals surface area contributed by atoms with Crippen molar-refractivity contribution in [3.05, 3.63) is 82.9 Å². The van der Waals surface area contributed by atoms with E-state index in [1.54, 1.807) is 12.1 Å². The van der Waals surface area contributed by atoms with Crippen LogP contribution < -0.4 is 0 Å². The lowest BCUT2D eigenvalue weighted by Crippen LogP contribution is -1.89. The highest BCUT2D eigenvalue weighted by Gasteiger charge is 2.03. The monoisotopic (exact) mass is 420 g/mol. The Bertz CT molecular complexity index is 859. The zero-order valence-electron chi connectivity index (χ0n) is 20.4. The summed E-state index contributed by atoms with van der Waals surface area (Å²) in [5.41, 5.74) is 6.70. The summed E-state index contributed by atoms with van der Waals surface area (Å²) < 4.78 is 0. The first-order chi connectivity index (χ1) is 14.8. The van der Waals surface area contributed by atoms with E-state index in [4.69, 9.17) is 0 Å². The second kappa shape index (κ2) is 13.5. The molecule has 0 aliphatic heterocycles. The van der Waals surface area contributed by atoms with Crippen molar-refractivity contribution in [3.63, 3.8) is 0 Å². The predicted octanol–water partition coefficient (Wildman–Crippen LogP) is 8.56. The number of unbranched alkanes of at least 4 members (excludes halogenated alkanes) is 1. The van der Waals surface area contributed by atoms with Crippen molar-refractivity contribution in [2.75, 3.05) is 0 Å². The Morgan fingerprint density at radius 1 is 0.710 bits per heavy atom. The lowest BCUT2D eigenvalue weighted by Gasteiger charge is -2.06. The summed E-state index contributed by atoms with van der Waals surface area (Å²) in [6, 6.07) is 20.0. The van der Waals surface area contributed by atoms with Crippen LogP contribution in [0.3, 0.4) is 0 Å². The van der Waals surface area contributed by atoms with Gasteiger partial charge in [-0.1, -0.05) is 77.4 Å². The van der Waals surface area contributed by atoms with Crippen molar-refractivity contribution in [2.24, 2.45) is 0 Å². The maximum Gasteiger partial charge on any atom is 0.118 e. The van der Waals surface area contributed by atoms with E-state index in [2.05, 4.69) is 45.0 Å². The maximum absolute atomic E-state index is 9.45. The normalized spacial score (nSPS) is 10.1. The molecule has 0 unspecified atom stereocenters. The van der Waals surface area contributed by atoms with Gasteiger partial charge >= 0.3 is 0 Å². The quantitative estimate of drug-likeness (QED) is 0.434. The highest BCUT2D eigenvalue weighted by Crippen LogP contribution is 2.28. The molecule has 0 bridgehead atoms. The fraction of sp³-hybridized carbons (Fsp3) is 0.379. The van der Waals surface area contributed by atoms with Gasteiger partial charge in [0.1, 0.15) is 11.5 Å². The molecule has 0 saturated heterocycles. The Kier molecular flexibility index (Phi) is 11.5. The first-order valence-corrected chi connectivity index (χ1v) is 11.5. The molecular formula is C29H40O2. The molecule has 0 atom stereocenters. The number of phenolic OH excluding ortho intramolecular Hbond substituents is 2. The summed E-state index contributed by atoms with van der Waals surface area (Å²) >= 11 is 0. The fourth-order valence-electron chi connectivity index (χ4n) is 3.12. The van der Waals surface area contributed by atoms with E-state index in [9.17, 15) is 10.2 Å². The molecule has 2 N–H and O–H groups in total. The van der Waals surface area contributed by atoms with Crippen molar-refractivity contribution < 1.29 is 10.2 Å². The van der Waals surface area contributed by atoms with Gasteiger partial charge in [-0.25, -0.2) is 0 Å². The minimum Gasteiger partial charge on any atom is -0.508 e. The SMILES string of the molecule is CC.CCCCc1ccc(C(C)C)cc1.Cc1cc(-c2ccc(O)c(C)c2)ccc1O. The molecule has 0 radical (unpaired) electrons. The first kappa shape index (κ1) is 26.3. The molecule has 3 rings (SSSR count). The third-order valence-electron chi connectivity index (χ3n) is 5.19. The molecule has 3 aromatic rings. The number of rotatable bonds is 5. The summed E-state index contributed by atoms with van der Waals surface area (Å²) in [6.45, 7) is 14.4. The molecule has 0 heterocycles. The molecule has 0 fully saturated rings. The highest BCUT2D eigenvalue weighted by atomic mass is 16.3. The van der Waals surface area contributed by atoms with E-state index >= 15 is 0 Å². The third kappa shape index (κ3) is 8.49. The number of hydrogen-bond acceptors (Lipinski definition) is 2. The Labute approximate surface area is 189 Å². The first-order valence-electron chi connectivity index (χ1n) is 11.5. The van der Waals surface area contributed by atoms with Gasteiger partial charge in [0, 0.05) is 0 Å². The van der Waals surface area contributed by atoms with E-state index < -0.39 is 0 Å². The van der Waals surface area contributed by atoms with Crippen molar-refractivity contribution >= 4 is 0 Å². The van der Waals surface area contributed by atoms with Crippen molar-refractivity contribution in [2.45, 2.75) is 73.6 Å². The van der Waals surface area contributed by atoms with Crippen LogP contribution in [0.1, 0.15) is 75.6 Å². The molecule has 0 aromatic heterocycles. The van der Waals surface area contributed by atoms with E-state index in [1.165, 1.54) is 30.4 Å². The molecule has 3 aromatic carbocycles. The van der Waals surface area contributed by atoms with Crippen LogP contribution in [0.15, 0.2) is 60.7 Å². The van der Waals surface area contributed by atoms with Gasteiger partial charge in [0.25, 0.3) is 0 Å². The minimum absolute atomic E-state index is 0.305. The zero-order chi connectivity index (χ0) is 23.4. The average molecular weight is 421 g/mol. The topological polar surface area (TPSA) is 40.5 Å². The average Bonchev–Trinajstić information content (AvgIpc) is 2.78. The molecule has 0 spiro atoms. The van der Waals surface area contributed by atoms with Gasteiger partial charge < -0.3 is 10.2 Å². The largest absolute Gasteiger partial charge is 0.508 e. The van der Waals surface area contributed by atoms with Gasteiger partial charge in [0.2, 0.25) is 0 Å². The molecule has 0 saturated carbocycles. The number of aromatic hydroxyl groups is 2. The van der Waals surface area contributed by atoms with Crippen LogP contribution in [0, 0.1) is 13.8 Å². The Balaban J connectivity index is 0.000000293. The van der Waals surface area contributed by atoms with Crippen LogP contribution >= 0.6 is 0 Å². The third-order valence-corrected chi connectivity index (χ3v) is 5.19. The molecule has 2 heteroatoms. The van der Waals surface area contributed by atoms with Crippen molar-refractivity contribution in [3.8, 4) is 22.6 Å². The summed E-state index contributed by atoms with van der Waals surface area (Å²) in [4.78, 5) is 0. The zero-order valence-corrected chi connectivity index (χ0v) is 20.4. The van der Waals surface area contributed by atoms with E-state index in [1.807, 2.05) is 52.0 Å². The van der Waals surface area contributed by atoms with Gasteiger partial charge in [0.05, 0.1) is 0 Å². The van der Waals surface area contributed by atoms with Gasteiger partial charge in [-0.15, -0.1) is 0 Å². The van der Waals surface area contributed by atoms with Crippen LogP contribution in [0.2, 0.25) is 0 Å². The van der Waals surface area contributed by atoms with Crippen molar-refractivity contribution in [1.29, 1.82) is 0 Å². The molecule has 2 nitrogen and oxygen atoms in total. The fourth-order valence-corrected chi connectivity index (χ4v) is 3.12. The summed E-state index contributed by atoms with van der Waals surface area (Å²) in [7, 11) is 0. The lowest BCUT2D eigenvalue weighted by atomic mass is 10.00. The second-order valence-electron chi connectivity index (χ2n) is 8.00. The van der Waals surface area contributed by atoms with E-state index in [0.717, 1.165) is 22.3 Å². The summed E-state index contributed by atoms with van der Waals surface area (Å²) in [5.74, 6) is 1.26. The molecule has 168 valence electrons. The van der Waals surface area contributed by atoms with Gasteiger partial charge in [-0.2, -0.15) is 0 Å². The number of hydrogen-bond donors (Lipinski definition) is 2. The Hall–Kier alpha value is -2.74. The molecular weight excluding hydrogens is 380 g/mol. The summed E-state index contributed by atoms with van der Waals surface area (Å²) in [5, 5.41) is 18.9. The van der Waals surface area contributed by atoms with Gasteiger partial charge in [-0.3, -0.25) is 0 Å². The van der Waals surface area contributed by atoms with Crippen LogP contribution in [0.5, 0.6) is 11.5 Å². The highest BCUT2D eigenvalue weighted by molar-refractivity contribution is 5.67. The number of phenols is 2. The number of aryl methyl sites for hydroxylation is 3. The van der Waals surface area contributed by atoms with Gasteiger partial charge in [-0.05, 0) is 90.3 Å². The predicted molar refractivity (Wildman–Crippen MR) is 135 cm³/mol. The second-order valence-corrected chi connectivity index (χ2v) is 8.00. The number of benzene rings is 3. The standard InChI is InChI=1S/C14H14O2.C13H20.C2H6/c1-9-7-11(3-5-13(9)15)12-4-6-14(16)10(2)8-12;1-4-5-6-12-7-9-13(10-8-12)11(2)3;1-2/h3-8,15-16H,1-2H3;7-11H,4-6H2,1-3H3;1-2H3. The minimum atomic E-state index is 0.305. The Morgan fingerprint density at radius 2 is 1.16 bits per heavy atom. The molecule has 0 aliphatic carbocycles. The van der Waals surface area contributed by atoms with E-state index in [-0.39, 0.29) is 0 Å². The smallest absolute Gasteiger partial charge is 0.118 e. The molecule has 31 heavy (non-hydrogen) atoms. The van der Waals surface area contributed by atoms with E-state index in [0.29, 0.717) is 17.4 Å². The summed E-state index contributed by atoms with van der Waals surface area (Å²) in [6.07, 6.45) is 3.82. The molecule has 0 aliphatic rings.